The molecule has 0 aliphatic heterocycles. The molecule has 3 nitrogen and oxygen atoms in total. The van der Waals surface area contributed by atoms with Gasteiger partial charge in [0.25, 0.3) is 5.56 Å². The van der Waals surface area contributed by atoms with Crippen LogP contribution in [0.25, 0.3) is 10.8 Å². The Morgan fingerprint density at radius 3 is 2.44 bits per heavy atom. The average Bonchev–Trinajstić information content (AvgIpc) is 2.21. The molecular weight excluding hydrogens is 216 g/mol. The fourth-order valence-electron chi connectivity index (χ4n) is 1.81. The second-order valence-electron chi connectivity index (χ2n) is 5.28. The lowest BCUT2D eigenvalue weighted by atomic mass is 10.1. The third-order valence-electron chi connectivity index (χ3n) is 2.47. The zero-order valence-electron chi connectivity index (χ0n) is 9.87. The van der Waals surface area contributed by atoms with E-state index in [1.54, 1.807) is 0 Å². The van der Waals surface area contributed by atoms with E-state index in [-0.39, 0.29) is 5.56 Å². The van der Waals surface area contributed by atoms with Gasteiger partial charge in [-0.15, -0.1) is 0 Å². The normalized spacial score (nSPS) is 11.9. The lowest BCUT2D eigenvalue weighted by Crippen LogP contribution is -2.26. The van der Waals surface area contributed by atoms with Crippen LogP contribution in [0.15, 0.2) is 29.1 Å². The SMILES string of the molecule is C[Si](C)(C)Cc1n[nH]c(=O)c2ccccc12. The zero-order valence-corrected chi connectivity index (χ0v) is 10.9. The molecule has 84 valence electrons. The predicted molar refractivity (Wildman–Crippen MR) is 69.4 cm³/mol. The summed E-state index contributed by atoms with van der Waals surface area (Å²) in [4.78, 5) is 11.6. The molecule has 0 amide bonds. The number of benzene rings is 1. The molecule has 2 rings (SSSR count). The van der Waals surface area contributed by atoms with Crippen molar-refractivity contribution in [2.75, 3.05) is 0 Å². The molecule has 0 atom stereocenters. The van der Waals surface area contributed by atoms with Crippen LogP contribution in [0, 0.1) is 0 Å². The van der Waals surface area contributed by atoms with E-state index in [9.17, 15) is 4.79 Å². The highest BCUT2D eigenvalue weighted by atomic mass is 28.3. The Morgan fingerprint density at radius 1 is 1.19 bits per heavy atom. The van der Waals surface area contributed by atoms with Crippen LogP contribution in [0.2, 0.25) is 19.6 Å². The number of nitrogens with zero attached hydrogens (tertiary/aromatic N) is 1. The van der Waals surface area contributed by atoms with Crippen molar-refractivity contribution in [1.82, 2.24) is 10.2 Å². The third kappa shape index (κ3) is 2.22. The summed E-state index contributed by atoms with van der Waals surface area (Å²) < 4.78 is 0. The van der Waals surface area contributed by atoms with Crippen LogP contribution in [-0.2, 0) is 6.04 Å². The van der Waals surface area contributed by atoms with Gasteiger partial charge in [-0.05, 0) is 12.1 Å². The molecule has 0 bridgehead atoms. The fraction of sp³-hybridized carbons (Fsp3) is 0.333. The van der Waals surface area contributed by atoms with Gasteiger partial charge < -0.3 is 0 Å². The van der Waals surface area contributed by atoms with Crippen LogP contribution in [0.1, 0.15) is 5.69 Å². The molecule has 0 saturated heterocycles. The Balaban J connectivity index is 2.64. The number of rotatable bonds is 2. The summed E-state index contributed by atoms with van der Waals surface area (Å²) in [6.07, 6.45) is 0. The van der Waals surface area contributed by atoms with Crippen LogP contribution < -0.4 is 5.56 Å². The molecule has 0 fully saturated rings. The average molecular weight is 232 g/mol. The minimum Gasteiger partial charge on any atom is -0.267 e. The number of hydrogen-bond acceptors (Lipinski definition) is 2. The molecule has 16 heavy (non-hydrogen) atoms. The van der Waals surface area contributed by atoms with Gasteiger partial charge in [-0.3, -0.25) is 4.79 Å². The molecular formula is C12H16N2OSi. The molecule has 1 N–H and O–H groups in total. The maximum absolute atomic E-state index is 11.6. The maximum atomic E-state index is 11.6. The third-order valence-corrected chi connectivity index (χ3v) is 3.87. The van der Waals surface area contributed by atoms with E-state index in [4.69, 9.17) is 0 Å². The molecule has 4 heteroatoms. The highest BCUT2D eigenvalue weighted by Gasteiger charge is 2.17. The van der Waals surface area contributed by atoms with Gasteiger partial charge in [0.1, 0.15) is 0 Å². The van der Waals surface area contributed by atoms with Crippen molar-refractivity contribution >= 4 is 18.8 Å². The number of nitrogens with one attached hydrogen (secondary N) is 1. The minimum atomic E-state index is -1.22. The summed E-state index contributed by atoms with van der Waals surface area (Å²) in [6, 6.07) is 8.66. The van der Waals surface area contributed by atoms with Crippen molar-refractivity contribution in [3.05, 3.63) is 40.3 Å². The van der Waals surface area contributed by atoms with E-state index in [1.165, 1.54) is 0 Å². The van der Waals surface area contributed by atoms with Crippen molar-refractivity contribution in [2.24, 2.45) is 0 Å². The molecule has 1 aromatic heterocycles. The van der Waals surface area contributed by atoms with E-state index < -0.39 is 8.07 Å². The van der Waals surface area contributed by atoms with E-state index in [0.29, 0.717) is 0 Å². The van der Waals surface area contributed by atoms with E-state index in [1.807, 2.05) is 24.3 Å². The topological polar surface area (TPSA) is 45.8 Å². The largest absolute Gasteiger partial charge is 0.272 e. The monoisotopic (exact) mass is 232 g/mol. The smallest absolute Gasteiger partial charge is 0.267 e. The first kappa shape index (κ1) is 11.1. The van der Waals surface area contributed by atoms with Gasteiger partial charge in [-0.1, -0.05) is 37.8 Å². The molecule has 0 unspecified atom stereocenters. The van der Waals surface area contributed by atoms with E-state index >= 15 is 0 Å². The molecule has 0 spiro atoms. The lowest BCUT2D eigenvalue weighted by molar-refractivity contribution is 0.953. The molecule has 0 aliphatic carbocycles. The standard InChI is InChI=1S/C12H16N2OSi/c1-16(2,3)8-11-9-6-4-5-7-10(9)12(15)14-13-11/h4-7H,8H2,1-3H3,(H,14,15). The minimum absolute atomic E-state index is 0.102. The summed E-state index contributed by atoms with van der Waals surface area (Å²) in [5.41, 5.74) is 0.921. The Labute approximate surface area is 95.5 Å². The molecule has 2 aromatic rings. The van der Waals surface area contributed by atoms with Crippen LogP contribution in [0.4, 0.5) is 0 Å². The van der Waals surface area contributed by atoms with Gasteiger partial charge in [0.15, 0.2) is 0 Å². The maximum Gasteiger partial charge on any atom is 0.272 e. The molecule has 1 aromatic carbocycles. The summed E-state index contributed by atoms with van der Waals surface area (Å²) >= 11 is 0. The van der Waals surface area contributed by atoms with Crippen molar-refractivity contribution in [3.63, 3.8) is 0 Å². The van der Waals surface area contributed by atoms with Gasteiger partial charge in [-0.25, -0.2) is 5.10 Å². The van der Waals surface area contributed by atoms with Crippen molar-refractivity contribution in [2.45, 2.75) is 25.7 Å². The summed E-state index contributed by atoms with van der Waals surface area (Å²) in [5.74, 6) is 0. The fourth-order valence-corrected chi connectivity index (χ4v) is 3.08. The van der Waals surface area contributed by atoms with Crippen molar-refractivity contribution in [3.8, 4) is 0 Å². The number of aromatic nitrogens is 2. The Morgan fingerprint density at radius 2 is 1.81 bits per heavy atom. The molecule has 0 radical (unpaired) electrons. The summed E-state index contributed by atoms with van der Waals surface area (Å²) in [7, 11) is -1.22. The molecule has 0 aliphatic rings. The highest BCUT2D eigenvalue weighted by Crippen LogP contribution is 2.17. The number of aromatic amines is 1. The number of fused-ring (bicyclic) bond motifs is 1. The Kier molecular flexibility index (Phi) is 2.67. The first-order chi connectivity index (χ1) is 7.47. The summed E-state index contributed by atoms with van der Waals surface area (Å²) in [6.45, 7) is 6.90. The first-order valence-corrected chi connectivity index (χ1v) is 9.14. The number of hydrogen-bond donors (Lipinski definition) is 1. The second kappa shape index (κ2) is 3.86. The predicted octanol–water partition coefficient (Wildman–Crippen LogP) is 2.34. The van der Waals surface area contributed by atoms with Gasteiger partial charge in [0, 0.05) is 5.39 Å². The van der Waals surface area contributed by atoms with Crippen LogP contribution in [0.5, 0.6) is 0 Å². The Bertz CT molecular complexity index is 569. The van der Waals surface area contributed by atoms with Crippen LogP contribution >= 0.6 is 0 Å². The number of H-pyrrole nitrogens is 1. The van der Waals surface area contributed by atoms with Gasteiger partial charge in [0.05, 0.1) is 19.2 Å². The van der Waals surface area contributed by atoms with E-state index in [2.05, 4.69) is 29.8 Å². The van der Waals surface area contributed by atoms with Gasteiger partial charge in [-0.2, -0.15) is 5.10 Å². The van der Waals surface area contributed by atoms with Gasteiger partial charge >= 0.3 is 0 Å². The Hall–Kier alpha value is -1.42. The van der Waals surface area contributed by atoms with E-state index in [0.717, 1.165) is 22.5 Å². The first-order valence-electron chi connectivity index (χ1n) is 5.44. The zero-order chi connectivity index (χ0) is 11.8. The quantitative estimate of drug-likeness (QED) is 0.808. The van der Waals surface area contributed by atoms with Crippen molar-refractivity contribution < 1.29 is 0 Å². The second-order valence-corrected chi connectivity index (χ2v) is 10.8. The van der Waals surface area contributed by atoms with Crippen LogP contribution in [0.3, 0.4) is 0 Å². The molecule has 0 saturated carbocycles. The summed E-state index contributed by atoms with van der Waals surface area (Å²) in [5, 5.41) is 8.51. The lowest BCUT2D eigenvalue weighted by Gasteiger charge is -2.15. The molecule has 1 heterocycles. The van der Waals surface area contributed by atoms with Crippen molar-refractivity contribution in [1.29, 1.82) is 0 Å². The van der Waals surface area contributed by atoms with Gasteiger partial charge in [0.2, 0.25) is 0 Å². The van der Waals surface area contributed by atoms with Crippen LogP contribution in [-0.4, -0.2) is 18.3 Å². The highest BCUT2D eigenvalue weighted by molar-refractivity contribution is 6.75.